The van der Waals surface area contributed by atoms with Crippen LogP contribution in [0.5, 0.6) is 5.75 Å². The molecule has 0 aliphatic rings. The Bertz CT molecular complexity index is 467. The molecule has 0 N–H and O–H groups in total. The van der Waals surface area contributed by atoms with E-state index in [2.05, 4.69) is 14.5 Å². The SMILES string of the molecule is COC(=O)c1cc(OC(F)(F)F)c(I)c(CCl)n1. The number of esters is 1. The van der Waals surface area contributed by atoms with E-state index in [-0.39, 0.29) is 20.8 Å². The standard InChI is InChI=1S/C9H6ClF3INO3/c1-17-8(16)4-2-6(18-9(11,12)13)7(14)5(3-10)15-4/h2H,3H2,1H3. The van der Waals surface area contributed by atoms with Crippen LogP contribution in [0.25, 0.3) is 0 Å². The Hall–Kier alpha value is -0.770. The summed E-state index contributed by atoms with van der Waals surface area (Å²) in [6.07, 6.45) is -4.86. The molecule has 0 aliphatic heterocycles. The van der Waals surface area contributed by atoms with Gasteiger partial charge in [-0.1, -0.05) is 0 Å². The molecule has 4 nitrogen and oxygen atoms in total. The van der Waals surface area contributed by atoms with Crippen LogP contribution in [0.1, 0.15) is 16.2 Å². The molecule has 0 aliphatic carbocycles. The summed E-state index contributed by atoms with van der Waals surface area (Å²) in [6, 6.07) is 0.858. The number of hydrogen-bond donors (Lipinski definition) is 0. The van der Waals surface area contributed by atoms with Crippen molar-refractivity contribution in [2.24, 2.45) is 0 Å². The molecule has 18 heavy (non-hydrogen) atoms. The highest BCUT2D eigenvalue weighted by Gasteiger charge is 2.33. The summed E-state index contributed by atoms with van der Waals surface area (Å²) in [5.41, 5.74) is -0.188. The second-order valence-electron chi connectivity index (χ2n) is 2.94. The lowest BCUT2D eigenvalue weighted by molar-refractivity contribution is -0.275. The lowest BCUT2D eigenvalue weighted by atomic mass is 10.3. The first-order valence-electron chi connectivity index (χ1n) is 4.38. The van der Waals surface area contributed by atoms with Crippen molar-refractivity contribution in [2.45, 2.75) is 12.2 Å². The van der Waals surface area contributed by atoms with Gasteiger partial charge >= 0.3 is 12.3 Å². The average Bonchev–Trinajstić information content (AvgIpc) is 2.29. The third-order valence-electron chi connectivity index (χ3n) is 1.74. The van der Waals surface area contributed by atoms with Crippen LogP contribution in [0.4, 0.5) is 13.2 Å². The molecule has 0 atom stereocenters. The van der Waals surface area contributed by atoms with Gasteiger partial charge in [0.2, 0.25) is 0 Å². The van der Waals surface area contributed by atoms with Crippen molar-refractivity contribution in [2.75, 3.05) is 7.11 Å². The van der Waals surface area contributed by atoms with E-state index in [9.17, 15) is 18.0 Å². The molecule has 1 heterocycles. The number of carbonyl (C=O) groups is 1. The zero-order valence-electron chi connectivity index (χ0n) is 8.85. The summed E-state index contributed by atoms with van der Waals surface area (Å²) in [5.74, 6) is -1.56. The van der Waals surface area contributed by atoms with Crippen molar-refractivity contribution >= 4 is 40.2 Å². The largest absolute Gasteiger partial charge is 0.573 e. The van der Waals surface area contributed by atoms with Gasteiger partial charge in [0.1, 0.15) is 5.75 Å². The molecule has 0 radical (unpaired) electrons. The Morgan fingerprint density at radius 1 is 1.56 bits per heavy atom. The minimum atomic E-state index is -4.86. The third-order valence-corrected chi connectivity index (χ3v) is 3.15. The van der Waals surface area contributed by atoms with E-state index in [1.807, 2.05) is 0 Å². The first kappa shape index (κ1) is 15.3. The van der Waals surface area contributed by atoms with E-state index in [1.54, 1.807) is 22.6 Å². The Kier molecular flexibility index (Phi) is 5.02. The molecule has 0 unspecified atom stereocenters. The molecule has 1 rings (SSSR count). The number of rotatable bonds is 3. The zero-order valence-corrected chi connectivity index (χ0v) is 11.8. The summed E-state index contributed by atoms with van der Waals surface area (Å²) in [7, 11) is 1.09. The Labute approximate surface area is 119 Å². The van der Waals surface area contributed by atoms with Crippen molar-refractivity contribution in [1.82, 2.24) is 4.98 Å². The Balaban J connectivity index is 3.27. The maximum Gasteiger partial charge on any atom is 0.573 e. The number of halogens is 5. The van der Waals surface area contributed by atoms with Gasteiger partial charge in [0.05, 0.1) is 22.3 Å². The second-order valence-corrected chi connectivity index (χ2v) is 4.29. The molecule has 0 fully saturated rings. The number of hydrogen-bond acceptors (Lipinski definition) is 4. The van der Waals surface area contributed by atoms with E-state index in [1.165, 1.54) is 0 Å². The summed E-state index contributed by atoms with van der Waals surface area (Å²) in [6.45, 7) is 0. The van der Waals surface area contributed by atoms with E-state index in [0.717, 1.165) is 13.2 Å². The monoisotopic (exact) mass is 395 g/mol. The number of ether oxygens (including phenoxy) is 2. The van der Waals surface area contributed by atoms with Crippen LogP contribution in [0.2, 0.25) is 0 Å². The van der Waals surface area contributed by atoms with E-state index >= 15 is 0 Å². The van der Waals surface area contributed by atoms with Crippen molar-refractivity contribution in [3.05, 3.63) is 21.0 Å². The van der Waals surface area contributed by atoms with Crippen LogP contribution in [-0.4, -0.2) is 24.4 Å². The van der Waals surface area contributed by atoms with Gasteiger partial charge in [-0.05, 0) is 22.6 Å². The molecule has 0 aromatic carbocycles. The van der Waals surface area contributed by atoms with Crippen molar-refractivity contribution < 1.29 is 27.4 Å². The molecular formula is C9H6ClF3INO3. The van der Waals surface area contributed by atoms with Crippen LogP contribution < -0.4 is 4.74 Å². The Morgan fingerprint density at radius 3 is 2.61 bits per heavy atom. The number of alkyl halides is 4. The second kappa shape index (κ2) is 5.91. The summed E-state index contributed by atoms with van der Waals surface area (Å²) < 4.78 is 44.8. The molecule has 100 valence electrons. The van der Waals surface area contributed by atoms with Crippen LogP contribution in [-0.2, 0) is 10.6 Å². The van der Waals surface area contributed by atoms with Crippen LogP contribution in [0.3, 0.4) is 0 Å². The zero-order chi connectivity index (χ0) is 13.9. The van der Waals surface area contributed by atoms with E-state index in [4.69, 9.17) is 11.6 Å². The molecule has 1 aromatic rings. The molecule has 0 saturated heterocycles. The topological polar surface area (TPSA) is 48.4 Å². The number of pyridine rings is 1. The van der Waals surface area contributed by atoms with Gasteiger partial charge < -0.3 is 9.47 Å². The maximum atomic E-state index is 12.2. The maximum absolute atomic E-state index is 12.2. The van der Waals surface area contributed by atoms with Gasteiger partial charge in [-0.15, -0.1) is 24.8 Å². The van der Waals surface area contributed by atoms with Gasteiger partial charge in [-0.3, -0.25) is 0 Å². The van der Waals surface area contributed by atoms with Crippen LogP contribution >= 0.6 is 34.2 Å². The molecule has 0 saturated carbocycles. The highest BCUT2D eigenvalue weighted by atomic mass is 127. The number of carbonyl (C=O) groups excluding carboxylic acids is 1. The highest BCUT2D eigenvalue weighted by molar-refractivity contribution is 14.1. The number of methoxy groups -OCH3 is 1. The first-order chi connectivity index (χ1) is 8.28. The molecule has 0 spiro atoms. The molecule has 0 amide bonds. The van der Waals surface area contributed by atoms with Crippen molar-refractivity contribution in [3.8, 4) is 5.75 Å². The third kappa shape index (κ3) is 3.87. The quantitative estimate of drug-likeness (QED) is 0.448. The van der Waals surface area contributed by atoms with Gasteiger partial charge in [-0.2, -0.15) is 0 Å². The van der Waals surface area contributed by atoms with Crippen molar-refractivity contribution in [3.63, 3.8) is 0 Å². The fraction of sp³-hybridized carbons (Fsp3) is 0.333. The van der Waals surface area contributed by atoms with Gasteiger partial charge in [0.15, 0.2) is 5.69 Å². The van der Waals surface area contributed by atoms with E-state index < -0.39 is 18.1 Å². The predicted molar refractivity (Wildman–Crippen MR) is 64.5 cm³/mol. The summed E-state index contributed by atoms with van der Waals surface area (Å²) >= 11 is 7.15. The fourth-order valence-corrected chi connectivity index (χ4v) is 2.05. The first-order valence-corrected chi connectivity index (χ1v) is 5.99. The highest BCUT2D eigenvalue weighted by Crippen LogP contribution is 2.30. The fourth-order valence-electron chi connectivity index (χ4n) is 1.05. The number of nitrogens with zero attached hydrogens (tertiary/aromatic N) is 1. The van der Waals surface area contributed by atoms with Crippen molar-refractivity contribution in [1.29, 1.82) is 0 Å². The number of aromatic nitrogens is 1. The average molecular weight is 396 g/mol. The molecule has 0 bridgehead atoms. The minimum Gasteiger partial charge on any atom is -0.464 e. The van der Waals surface area contributed by atoms with Gasteiger partial charge in [0, 0.05) is 6.07 Å². The normalized spacial score (nSPS) is 11.2. The summed E-state index contributed by atoms with van der Waals surface area (Å²) in [4.78, 5) is 15.0. The lowest BCUT2D eigenvalue weighted by Gasteiger charge is -2.13. The molecule has 9 heteroatoms. The lowest BCUT2D eigenvalue weighted by Crippen LogP contribution is -2.19. The van der Waals surface area contributed by atoms with E-state index in [0.29, 0.717) is 0 Å². The molecule has 1 aromatic heterocycles. The Morgan fingerprint density at radius 2 is 2.17 bits per heavy atom. The predicted octanol–water partition coefficient (Wildman–Crippen LogP) is 3.11. The smallest absolute Gasteiger partial charge is 0.464 e. The van der Waals surface area contributed by atoms with Gasteiger partial charge in [0.25, 0.3) is 0 Å². The van der Waals surface area contributed by atoms with Crippen LogP contribution in [0, 0.1) is 3.57 Å². The molecular weight excluding hydrogens is 389 g/mol. The minimum absolute atomic E-state index is 0.0904. The summed E-state index contributed by atoms with van der Waals surface area (Å²) in [5, 5.41) is 0. The van der Waals surface area contributed by atoms with Gasteiger partial charge in [-0.25, -0.2) is 9.78 Å². The van der Waals surface area contributed by atoms with Crippen LogP contribution in [0.15, 0.2) is 6.07 Å².